The Morgan fingerprint density at radius 2 is 1.38 bits per heavy atom. The van der Waals surface area contributed by atoms with Gasteiger partial charge in [0.2, 0.25) is 0 Å². The Morgan fingerprint density at radius 1 is 0.769 bits per heavy atom. The zero-order valence-electron chi connectivity index (χ0n) is 14.2. The fraction of sp³-hybridized carbons (Fsp3) is 0.0870. The fourth-order valence-electron chi connectivity index (χ4n) is 3.37. The number of fused-ring (bicyclic) bond motifs is 3. The monoisotopic (exact) mass is 343 g/mol. The topological polar surface area (TPSA) is 23.8 Å². The van der Waals surface area contributed by atoms with Gasteiger partial charge in [0.25, 0.3) is 0 Å². The Morgan fingerprint density at radius 3 is 2.00 bits per heavy atom. The fourth-order valence-corrected chi connectivity index (χ4v) is 3.37. The molecule has 0 aromatic heterocycles. The third-order valence-corrected chi connectivity index (χ3v) is 4.80. The van der Waals surface area contributed by atoms with Crippen molar-refractivity contribution >= 4 is 21.5 Å². The van der Waals surface area contributed by atoms with Crippen molar-refractivity contribution in [3.8, 4) is 17.2 Å². The van der Waals surface area contributed by atoms with Gasteiger partial charge in [0.05, 0.1) is 0 Å². The highest BCUT2D eigenvalue weighted by molar-refractivity contribution is 6.08. The Bertz CT molecular complexity index is 1180. The normalized spacial score (nSPS) is 11.0. The number of nitriles is 1. The smallest absolute Gasteiger partial charge is 0.144 e. The van der Waals surface area contributed by atoms with Gasteiger partial charge >= 0.3 is 0 Å². The molecule has 1 nitrogen and oxygen atoms in total. The maximum atomic E-state index is 13.9. The van der Waals surface area contributed by atoms with Gasteiger partial charge in [0, 0.05) is 0 Å². The average molecular weight is 343 g/mol. The molecule has 4 rings (SSSR count). The molecule has 0 saturated heterocycles. The van der Waals surface area contributed by atoms with E-state index in [1.54, 1.807) is 6.07 Å². The number of benzene rings is 4. The molecule has 0 fully saturated rings. The molecule has 0 bridgehead atoms. The molecule has 0 unspecified atom stereocenters. The van der Waals surface area contributed by atoms with E-state index >= 15 is 0 Å². The highest BCUT2D eigenvalue weighted by Crippen LogP contribution is 2.31. The van der Waals surface area contributed by atoms with Gasteiger partial charge in [-0.3, -0.25) is 0 Å². The molecule has 4 aromatic rings. The predicted octanol–water partition coefficient (Wildman–Crippen LogP) is 6.37. The van der Waals surface area contributed by atoms with Crippen molar-refractivity contribution in [3.63, 3.8) is 0 Å². The van der Waals surface area contributed by atoms with Gasteiger partial charge in [-0.15, -0.1) is 0 Å². The summed E-state index contributed by atoms with van der Waals surface area (Å²) in [5.41, 5.74) is 1.87. The first-order valence-electron chi connectivity index (χ1n) is 8.45. The van der Waals surface area contributed by atoms with E-state index < -0.39 is 17.2 Å². The van der Waals surface area contributed by atoms with Gasteiger partial charge in [0.1, 0.15) is 23.3 Å². The lowest BCUT2D eigenvalue weighted by molar-refractivity contribution is 0.577. The van der Waals surface area contributed by atoms with Crippen molar-refractivity contribution in [1.82, 2.24) is 0 Å². The van der Waals surface area contributed by atoms with Crippen LogP contribution in [-0.4, -0.2) is 0 Å². The average Bonchev–Trinajstić information content (AvgIpc) is 2.66. The Balaban J connectivity index is 1.89. The van der Waals surface area contributed by atoms with Crippen molar-refractivity contribution < 1.29 is 8.78 Å². The van der Waals surface area contributed by atoms with Crippen molar-refractivity contribution in [3.05, 3.63) is 83.4 Å². The van der Waals surface area contributed by atoms with Crippen LogP contribution >= 0.6 is 0 Å². The van der Waals surface area contributed by atoms with Crippen molar-refractivity contribution in [2.24, 2.45) is 0 Å². The van der Waals surface area contributed by atoms with E-state index in [9.17, 15) is 8.78 Å². The highest BCUT2D eigenvalue weighted by atomic mass is 19.1. The second-order valence-electron chi connectivity index (χ2n) is 6.34. The molecule has 0 saturated carbocycles. The van der Waals surface area contributed by atoms with E-state index in [1.807, 2.05) is 24.3 Å². The van der Waals surface area contributed by atoms with E-state index in [2.05, 4.69) is 31.2 Å². The molecule has 0 amide bonds. The van der Waals surface area contributed by atoms with Gasteiger partial charge in [-0.2, -0.15) is 5.26 Å². The lowest BCUT2D eigenvalue weighted by atomic mass is 9.96. The van der Waals surface area contributed by atoms with Gasteiger partial charge < -0.3 is 0 Å². The molecule has 0 heterocycles. The van der Waals surface area contributed by atoms with E-state index in [1.165, 1.54) is 23.1 Å². The summed E-state index contributed by atoms with van der Waals surface area (Å²) in [5, 5.41) is 13.3. The first-order chi connectivity index (χ1) is 12.6. The van der Waals surface area contributed by atoms with Gasteiger partial charge in [-0.05, 0) is 62.9 Å². The molecule has 0 spiro atoms. The molecular formula is C23H15F2N. The van der Waals surface area contributed by atoms with Crippen LogP contribution in [0.5, 0.6) is 0 Å². The molecule has 0 aliphatic carbocycles. The summed E-state index contributed by atoms with van der Waals surface area (Å²) in [4.78, 5) is 0. The van der Waals surface area contributed by atoms with E-state index in [-0.39, 0.29) is 0 Å². The molecule has 0 aliphatic heterocycles. The number of rotatable bonds is 2. The maximum absolute atomic E-state index is 13.9. The Hall–Kier alpha value is -3.25. The zero-order chi connectivity index (χ0) is 18.3. The minimum atomic E-state index is -0.840. The number of aryl methyl sites for hydroxylation is 1. The van der Waals surface area contributed by atoms with Gasteiger partial charge in [-0.25, -0.2) is 8.78 Å². The Labute approximate surface area is 150 Å². The van der Waals surface area contributed by atoms with Crippen LogP contribution in [0.25, 0.3) is 32.7 Å². The molecule has 3 heteroatoms. The maximum Gasteiger partial charge on any atom is 0.144 e. The second-order valence-corrected chi connectivity index (χ2v) is 6.34. The number of nitrogens with zero attached hydrogens (tertiary/aromatic N) is 1. The van der Waals surface area contributed by atoms with Crippen molar-refractivity contribution in [2.75, 3.05) is 0 Å². The predicted molar refractivity (Wildman–Crippen MR) is 101 cm³/mol. The van der Waals surface area contributed by atoms with Crippen LogP contribution in [-0.2, 0) is 6.42 Å². The summed E-state index contributed by atoms with van der Waals surface area (Å²) in [6.07, 6.45) is 0.989. The summed E-state index contributed by atoms with van der Waals surface area (Å²) >= 11 is 0. The van der Waals surface area contributed by atoms with Gasteiger partial charge in [0.15, 0.2) is 0 Å². The van der Waals surface area contributed by atoms with Crippen molar-refractivity contribution in [1.29, 1.82) is 5.26 Å². The molecule has 0 aliphatic rings. The lowest BCUT2D eigenvalue weighted by Gasteiger charge is -2.09. The van der Waals surface area contributed by atoms with Crippen LogP contribution in [0.3, 0.4) is 0 Å². The van der Waals surface area contributed by atoms with Crippen LogP contribution in [0.15, 0.2) is 60.7 Å². The van der Waals surface area contributed by atoms with Crippen LogP contribution in [0, 0.1) is 23.0 Å². The first-order valence-corrected chi connectivity index (χ1v) is 8.45. The standard InChI is InChI=1S/C23H15F2N/c1-2-14-3-7-19-16(9-14)4-5-17-10-15(6-8-20(17)19)18-11-22(24)21(13-26)23(25)12-18/h3-12H,2H2,1H3. The summed E-state index contributed by atoms with van der Waals surface area (Å²) in [5.74, 6) is -1.68. The number of hydrogen-bond acceptors (Lipinski definition) is 1. The quantitative estimate of drug-likeness (QED) is 0.388. The SMILES string of the molecule is CCc1ccc2c(ccc3cc(-c4cc(F)c(C#N)c(F)c4)ccc32)c1. The van der Waals surface area contributed by atoms with E-state index in [0.717, 1.165) is 22.6 Å². The van der Waals surface area contributed by atoms with Crippen LogP contribution in [0.2, 0.25) is 0 Å². The first kappa shape index (κ1) is 16.2. The third kappa shape index (κ3) is 2.60. The minimum Gasteiger partial charge on any atom is -0.205 e. The summed E-state index contributed by atoms with van der Waals surface area (Å²) in [6, 6.07) is 20.2. The van der Waals surface area contributed by atoms with Crippen LogP contribution in [0.1, 0.15) is 18.1 Å². The Kier molecular flexibility index (Phi) is 3.89. The molecule has 0 atom stereocenters. The largest absolute Gasteiger partial charge is 0.205 e. The summed E-state index contributed by atoms with van der Waals surface area (Å²) < 4.78 is 27.9. The highest BCUT2D eigenvalue weighted by Gasteiger charge is 2.12. The zero-order valence-corrected chi connectivity index (χ0v) is 14.2. The molecular weight excluding hydrogens is 328 g/mol. The number of hydrogen-bond donors (Lipinski definition) is 0. The van der Waals surface area contributed by atoms with Crippen molar-refractivity contribution in [2.45, 2.75) is 13.3 Å². The summed E-state index contributed by atoms with van der Waals surface area (Å²) in [6.45, 7) is 2.13. The van der Waals surface area contributed by atoms with E-state index in [4.69, 9.17) is 5.26 Å². The van der Waals surface area contributed by atoms with E-state index in [0.29, 0.717) is 11.1 Å². The molecule has 26 heavy (non-hydrogen) atoms. The van der Waals surface area contributed by atoms with Gasteiger partial charge in [-0.1, -0.05) is 49.4 Å². The molecule has 126 valence electrons. The molecule has 0 N–H and O–H groups in total. The second kappa shape index (κ2) is 6.24. The molecule has 0 radical (unpaired) electrons. The third-order valence-electron chi connectivity index (χ3n) is 4.80. The minimum absolute atomic E-state index is 0.419. The van der Waals surface area contributed by atoms with Crippen LogP contribution < -0.4 is 0 Å². The number of halogens is 2. The lowest BCUT2D eigenvalue weighted by Crippen LogP contribution is -1.92. The molecule has 4 aromatic carbocycles. The van der Waals surface area contributed by atoms with Crippen LogP contribution in [0.4, 0.5) is 8.78 Å². The summed E-state index contributed by atoms with van der Waals surface area (Å²) in [7, 11) is 0.